The standard InChI is InChI=1S/C11H17NO4/c1-6(2)8-5-16-11(15)12(8)10(14)9(13)7(3)4/h6-8H,5H2,1-4H3/t8-/m1/s1. The minimum atomic E-state index is -0.754. The van der Waals surface area contributed by atoms with Gasteiger partial charge in [-0.25, -0.2) is 9.69 Å². The molecule has 0 radical (unpaired) electrons. The Kier molecular flexibility index (Phi) is 3.67. The molecule has 0 aromatic heterocycles. The molecular weight excluding hydrogens is 210 g/mol. The summed E-state index contributed by atoms with van der Waals surface area (Å²) in [5, 5.41) is 0. The van der Waals surface area contributed by atoms with E-state index in [9.17, 15) is 14.4 Å². The average molecular weight is 227 g/mol. The SMILES string of the molecule is CC(C)C(=O)C(=O)N1C(=O)OC[C@@H]1C(C)C. The predicted octanol–water partition coefficient (Wildman–Crippen LogP) is 1.21. The van der Waals surface area contributed by atoms with E-state index in [2.05, 4.69) is 0 Å². The molecule has 5 heteroatoms. The van der Waals surface area contributed by atoms with E-state index >= 15 is 0 Å². The van der Waals surface area contributed by atoms with Crippen LogP contribution in [-0.2, 0) is 14.3 Å². The Balaban J connectivity index is 2.88. The van der Waals surface area contributed by atoms with Crippen molar-refractivity contribution >= 4 is 17.8 Å². The second kappa shape index (κ2) is 4.63. The highest BCUT2D eigenvalue weighted by Gasteiger charge is 2.42. The van der Waals surface area contributed by atoms with E-state index in [0.29, 0.717) is 0 Å². The van der Waals surface area contributed by atoms with E-state index in [1.807, 2.05) is 13.8 Å². The lowest BCUT2D eigenvalue weighted by Crippen LogP contribution is -2.46. The van der Waals surface area contributed by atoms with Crippen LogP contribution in [-0.4, -0.2) is 35.3 Å². The van der Waals surface area contributed by atoms with Crippen LogP contribution in [0, 0.1) is 11.8 Å². The molecule has 1 aliphatic rings. The van der Waals surface area contributed by atoms with Gasteiger partial charge >= 0.3 is 6.09 Å². The molecule has 1 fully saturated rings. The van der Waals surface area contributed by atoms with Crippen molar-refractivity contribution in [1.82, 2.24) is 4.90 Å². The predicted molar refractivity (Wildman–Crippen MR) is 56.7 cm³/mol. The average Bonchev–Trinajstić information content (AvgIpc) is 2.57. The Labute approximate surface area is 94.7 Å². The molecule has 0 spiro atoms. The molecule has 90 valence electrons. The summed E-state index contributed by atoms with van der Waals surface area (Å²) in [7, 11) is 0. The number of cyclic esters (lactones) is 1. The van der Waals surface area contributed by atoms with Crippen molar-refractivity contribution < 1.29 is 19.1 Å². The zero-order valence-corrected chi connectivity index (χ0v) is 10.0. The number of ether oxygens (including phenoxy) is 1. The maximum Gasteiger partial charge on any atom is 0.417 e. The van der Waals surface area contributed by atoms with E-state index < -0.39 is 23.7 Å². The Morgan fingerprint density at radius 1 is 1.31 bits per heavy atom. The summed E-state index contributed by atoms with van der Waals surface area (Å²) in [6.45, 7) is 7.20. The van der Waals surface area contributed by atoms with E-state index in [1.165, 1.54) is 0 Å². The number of rotatable bonds is 3. The molecule has 1 aliphatic heterocycles. The first-order valence-electron chi connectivity index (χ1n) is 5.40. The van der Waals surface area contributed by atoms with Crippen LogP contribution in [0.4, 0.5) is 4.79 Å². The molecule has 0 bridgehead atoms. The number of ketones is 1. The van der Waals surface area contributed by atoms with Crippen LogP contribution < -0.4 is 0 Å². The van der Waals surface area contributed by atoms with Crippen molar-refractivity contribution in [3.63, 3.8) is 0 Å². The maximum absolute atomic E-state index is 11.8. The molecule has 0 saturated carbocycles. The molecule has 1 atom stereocenters. The Morgan fingerprint density at radius 2 is 1.88 bits per heavy atom. The molecular formula is C11H17NO4. The molecule has 1 rings (SSSR count). The first kappa shape index (κ1) is 12.7. The van der Waals surface area contributed by atoms with Crippen molar-refractivity contribution in [2.75, 3.05) is 6.61 Å². The quantitative estimate of drug-likeness (QED) is 0.680. The molecule has 0 N–H and O–H groups in total. The van der Waals surface area contributed by atoms with E-state index in [0.717, 1.165) is 4.90 Å². The molecule has 0 aliphatic carbocycles. The van der Waals surface area contributed by atoms with Gasteiger partial charge < -0.3 is 4.74 Å². The van der Waals surface area contributed by atoms with Gasteiger partial charge in [0.2, 0.25) is 5.78 Å². The van der Waals surface area contributed by atoms with Gasteiger partial charge in [-0.3, -0.25) is 9.59 Å². The topological polar surface area (TPSA) is 63.7 Å². The molecule has 1 saturated heterocycles. The van der Waals surface area contributed by atoms with Gasteiger partial charge in [-0.05, 0) is 5.92 Å². The fraction of sp³-hybridized carbons (Fsp3) is 0.727. The first-order valence-corrected chi connectivity index (χ1v) is 5.40. The van der Waals surface area contributed by atoms with Crippen LogP contribution in [0.3, 0.4) is 0 Å². The third-order valence-electron chi connectivity index (χ3n) is 2.63. The zero-order valence-electron chi connectivity index (χ0n) is 10.0. The van der Waals surface area contributed by atoms with Crippen molar-refractivity contribution in [2.24, 2.45) is 11.8 Å². The first-order chi connectivity index (χ1) is 7.36. The molecule has 5 nitrogen and oxygen atoms in total. The van der Waals surface area contributed by atoms with Crippen LogP contribution in [0.15, 0.2) is 0 Å². The number of hydrogen-bond donors (Lipinski definition) is 0. The third kappa shape index (κ3) is 2.23. The summed E-state index contributed by atoms with van der Waals surface area (Å²) < 4.78 is 4.80. The van der Waals surface area contributed by atoms with Gasteiger partial charge in [0.15, 0.2) is 0 Å². The highest BCUT2D eigenvalue weighted by Crippen LogP contribution is 2.20. The van der Waals surface area contributed by atoms with Crippen LogP contribution in [0.25, 0.3) is 0 Å². The second-order valence-corrected chi connectivity index (χ2v) is 4.58. The lowest BCUT2D eigenvalue weighted by atomic mass is 10.0. The van der Waals surface area contributed by atoms with Gasteiger partial charge in [0, 0.05) is 5.92 Å². The number of carbonyl (C=O) groups is 3. The maximum atomic E-state index is 11.8. The smallest absolute Gasteiger partial charge is 0.417 e. The number of nitrogens with zero attached hydrogens (tertiary/aromatic N) is 1. The minimum Gasteiger partial charge on any atom is -0.447 e. The van der Waals surface area contributed by atoms with Gasteiger partial charge in [0.25, 0.3) is 5.91 Å². The lowest BCUT2D eigenvalue weighted by Gasteiger charge is -2.22. The molecule has 0 aromatic carbocycles. The minimum absolute atomic E-state index is 0.0790. The largest absolute Gasteiger partial charge is 0.447 e. The van der Waals surface area contributed by atoms with Gasteiger partial charge in [0.05, 0.1) is 6.04 Å². The van der Waals surface area contributed by atoms with Crippen LogP contribution in [0.5, 0.6) is 0 Å². The van der Waals surface area contributed by atoms with Crippen LogP contribution in [0.2, 0.25) is 0 Å². The summed E-state index contributed by atoms with van der Waals surface area (Å²) in [4.78, 5) is 35.7. The van der Waals surface area contributed by atoms with Crippen molar-refractivity contribution in [2.45, 2.75) is 33.7 Å². The van der Waals surface area contributed by atoms with Crippen molar-refractivity contribution in [3.05, 3.63) is 0 Å². The van der Waals surface area contributed by atoms with Crippen molar-refractivity contribution in [3.8, 4) is 0 Å². The molecule has 0 unspecified atom stereocenters. The summed E-state index contributed by atoms with van der Waals surface area (Å²) in [6.07, 6.45) is -0.710. The fourth-order valence-corrected chi connectivity index (χ4v) is 1.53. The Hall–Kier alpha value is -1.39. The second-order valence-electron chi connectivity index (χ2n) is 4.58. The molecule has 0 aromatic rings. The van der Waals surface area contributed by atoms with Crippen molar-refractivity contribution in [1.29, 1.82) is 0 Å². The zero-order chi connectivity index (χ0) is 12.5. The number of Topliss-reactive ketones (excluding diaryl/α,β-unsaturated/α-hetero) is 1. The Morgan fingerprint density at radius 3 is 2.31 bits per heavy atom. The molecule has 16 heavy (non-hydrogen) atoms. The third-order valence-corrected chi connectivity index (χ3v) is 2.63. The number of amides is 2. The summed E-state index contributed by atoms with van der Waals surface area (Å²) in [5.74, 6) is -1.63. The van der Waals surface area contributed by atoms with E-state index in [1.54, 1.807) is 13.8 Å². The van der Waals surface area contributed by atoms with Gasteiger partial charge in [0.1, 0.15) is 6.61 Å². The van der Waals surface area contributed by atoms with Gasteiger partial charge in [-0.2, -0.15) is 0 Å². The fourth-order valence-electron chi connectivity index (χ4n) is 1.53. The summed E-state index contributed by atoms with van der Waals surface area (Å²) >= 11 is 0. The number of imide groups is 1. The monoisotopic (exact) mass is 227 g/mol. The normalized spacial score (nSPS) is 20.5. The van der Waals surface area contributed by atoms with Gasteiger partial charge in [-0.1, -0.05) is 27.7 Å². The highest BCUT2D eigenvalue weighted by atomic mass is 16.6. The van der Waals surface area contributed by atoms with Crippen LogP contribution in [0.1, 0.15) is 27.7 Å². The summed E-state index contributed by atoms with van der Waals surface area (Å²) in [5.41, 5.74) is 0. The number of hydrogen-bond acceptors (Lipinski definition) is 4. The Bertz CT molecular complexity index is 322. The van der Waals surface area contributed by atoms with Crippen LogP contribution >= 0.6 is 0 Å². The lowest BCUT2D eigenvalue weighted by molar-refractivity contribution is -0.145. The summed E-state index contributed by atoms with van der Waals surface area (Å²) in [6, 6.07) is -0.331. The number of carbonyl (C=O) groups excluding carboxylic acids is 3. The highest BCUT2D eigenvalue weighted by molar-refractivity contribution is 6.39. The van der Waals surface area contributed by atoms with E-state index in [-0.39, 0.29) is 18.6 Å². The molecule has 1 heterocycles. The van der Waals surface area contributed by atoms with Gasteiger partial charge in [-0.15, -0.1) is 0 Å². The van der Waals surface area contributed by atoms with E-state index in [4.69, 9.17) is 4.74 Å². The molecule has 2 amide bonds.